The summed E-state index contributed by atoms with van der Waals surface area (Å²) in [5.74, 6) is -1.01. The molecule has 1 atom stereocenters. The van der Waals surface area contributed by atoms with E-state index >= 15 is 0 Å². The van der Waals surface area contributed by atoms with Gasteiger partial charge in [-0.1, -0.05) is 11.6 Å². The number of nitrogens with zero attached hydrogens (tertiary/aromatic N) is 1. The third-order valence-corrected chi connectivity index (χ3v) is 3.12. The fourth-order valence-corrected chi connectivity index (χ4v) is 1.80. The number of carbonyl (C=O) groups is 2. The summed E-state index contributed by atoms with van der Waals surface area (Å²) < 4.78 is 4.68. The average Bonchev–Trinajstić information content (AvgIpc) is 2.44. The number of rotatable bonds is 5. The first-order valence-electron chi connectivity index (χ1n) is 5.96. The minimum atomic E-state index is -1.23. The van der Waals surface area contributed by atoms with E-state index in [0.717, 1.165) is 0 Å². The van der Waals surface area contributed by atoms with Crippen molar-refractivity contribution < 1.29 is 14.3 Å². The van der Waals surface area contributed by atoms with E-state index < -0.39 is 17.4 Å². The predicted molar refractivity (Wildman–Crippen MR) is 74.2 cm³/mol. The lowest BCUT2D eigenvalue weighted by atomic mass is 9.95. The minimum Gasteiger partial charge on any atom is -0.467 e. The van der Waals surface area contributed by atoms with Gasteiger partial charge in [0.05, 0.1) is 13.2 Å². The van der Waals surface area contributed by atoms with Gasteiger partial charge in [-0.05, 0) is 37.6 Å². The Morgan fingerprint density at radius 2 is 2.00 bits per heavy atom. The molecular weight excluding hydrogens is 280 g/mol. The van der Waals surface area contributed by atoms with Crippen LogP contribution in [0.15, 0.2) is 24.3 Å². The van der Waals surface area contributed by atoms with E-state index in [4.69, 9.17) is 16.9 Å². The number of ether oxygens (including phenoxy) is 1. The van der Waals surface area contributed by atoms with Crippen LogP contribution in [0.1, 0.15) is 30.1 Å². The summed E-state index contributed by atoms with van der Waals surface area (Å²) >= 11 is 5.75. The van der Waals surface area contributed by atoms with E-state index in [9.17, 15) is 9.59 Å². The van der Waals surface area contributed by atoms with Gasteiger partial charge in [0, 0.05) is 17.0 Å². The van der Waals surface area contributed by atoms with E-state index in [2.05, 4.69) is 10.1 Å². The second-order valence-corrected chi connectivity index (χ2v) is 4.88. The molecule has 0 aliphatic carbocycles. The highest BCUT2D eigenvalue weighted by atomic mass is 35.5. The van der Waals surface area contributed by atoms with Gasteiger partial charge in [0.25, 0.3) is 5.91 Å². The van der Waals surface area contributed by atoms with E-state index in [0.29, 0.717) is 10.6 Å². The second kappa shape index (κ2) is 6.92. The Bertz CT molecular complexity index is 536. The van der Waals surface area contributed by atoms with Gasteiger partial charge < -0.3 is 10.1 Å². The molecule has 0 aliphatic heterocycles. The summed E-state index contributed by atoms with van der Waals surface area (Å²) in [4.78, 5) is 23.9. The molecule has 5 nitrogen and oxygen atoms in total. The van der Waals surface area contributed by atoms with Gasteiger partial charge in [0.15, 0.2) is 0 Å². The normalized spacial score (nSPS) is 12.9. The number of benzene rings is 1. The standard InChI is InChI=1S/C14H15ClN2O3/c1-14(8-3-9-16,13(19)20-2)17-12(18)10-4-6-11(15)7-5-10/h4-7H,3,8H2,1-2H3,(H,17,18)/t14-/m1/s1. The molecule has 0 bridgehead atoms. The van der Waals surface area contributed by atoms with Gasteiger partial charge in [-0.3, -0.25) is 4.79 Å². The van der Waals surface area contributed by atoms with Crippen molar-refractivity contribution in [3.63, 3.8) is 0 Å². The van der Waals surface area contributed by atoms with Crippen molar-refractivity contribution in [2.75, 3.05) is 7.11 Å². The first-order chi connectivity index (χ1) is 9.42. The third-order valence-electron chi connectivity index (χ3n) is 2.87. The number of nitrogens with one attached hydrogen (secondary N) is 1. The summed E-state index contributed by atoms with van der Waals surface area (Å²) in [5.41, 5.74) is -0.859. The predicted octanol–water partition coefficient (Wildman–Crippen LogP) is 2.31. The van der Waals surface area contributed by atoms with Crippen molar-refractivity contribution in [2.45, 2.75) is 25.3 Å². The third kappa shape index (κ3) is 3.97. The van der Waals surface area contributed by atoms with E-state index in [1.54, 1.807) is 24.3 Å². The Kier molecular flexibility index (Phi) is 5.53. The number of methoxy groups -OCH3 is 1. The van der Waals surface area contributed by atoms with Crippen molar-refractivity contribution >= 4 is 23.5 Å². The number of halogens is 1. The molecule has 1 aromatic carbocycles. The molecule has 0 fully saturated rings. The maximum Gasteiger partial charge on any atom is 0.331 e. The van der Waals surface area contributed by atoms with Gasteiger partial charge in [-0.25, -0.2) is 4.79 Å². The fourth-order valence-electron chi connectivity index (χ4n) is 1.67. The van der Waals surface area contributed by atoms with Crippen LogP contribution in [0.3, 0.4) is 0 Å². The number of hydrogen-bond acceptors (Lipinski definition) is 4. The molecule has 1 aromatic rings. The largest absolute Gasteiger partial charge is 0.467 e. The Balaban J connectivity index is 2.89. The molecule has 0 spiro atoms. The van der Waals surface area contributed by atoms with Crippen LogP contribution >= 0.6 is 11.6 Å². The molecule has 0 radical (unpaired) electrons. The van der Waals surface area contributed by atoms with E-state index in [1.165, 1.54) is 14.0 Å². The number of nitriles is 1. The highest BCUT2D eigenvalue weighted by Gasteiger charge is 2.35. The van der Waals surface area contributed by atoms with Crippen LogP contribution in [0, 0.1) is 11.3 Å². The quantitative estimate of drug-likeness (QED) is 0.845. The Labute approximate surface area is 122 Å². The summed E-state index contributed by atoms with van der Waals surface area (Å²) in [5, 5.41) is 11.8. The zero-order valence-electron chi connectivity index (χ0n) is 11.3. The zero-order valence-corrected chi connectivity index (χ0v) is 12.0. The molecule has 1 rings (SSSR count). The van der Waals surface area contributed by atoms with Crippen LogP contribution in [0.5, 0.6) is 0 Å². The maximum atomic E-state index is 12.1. The molecule has 0 saturated carbocycles. The number of hydrogen-bond donors (Lipinski definition) is 1. The zero-order chi connectivity index (χ0) is 15.2. The monoisotopic (exact) mass is 294 g/mol. The highest BCUT2D eigenvalue weighted by Crippen LogP contribution is 2.16. The van der Waals surface area contributed by atoms with Crippen LogP contribution in [0.2, 0.25) is 5.02 Å². The lowest BCUT2D eigenvalue weighted by Crippen LogP contribution is -2.52. The molecular formula is C14H15ClN2O3. The fraction of sp³-hybridized carbons (Fsp3) is 0.357. The van der Waals surface area contributed by atoms with Crippen molar-refractivity contribution in [2.24, 2.45) is 0 Å². The molecule has 0 saturated heterocycles. The Morgan fingerprint density at radius 3 is 2.50 bits per heavy atom. The molecule has 0 aromatic heterocycles. The molecule has 0 aliphatic rings. The van der Waals surface area contributed by atoms with Crippen LogP contribution in [-0.2, 0) is 9.53 Å². The van der Waals surface area contributed by atoms with Gasteiger partial charge >= 0.3 is 5.97 Å². The van der Waals surface area contributed by atoms with Crippen LogP contribution in [0.25, 0.3) is 0 Å². The van der Waals surface area contributed by atoms with E-state index in [-0.39, 0.29) is 12.8 Å². The number of carbonyl (C=O) groups excluding carboxylic acids is 2. The lowest BCUT2D eigenvalue weighted by Gasteiger charge is -2.27. The molecule has 0 unspecified atom stereocenters. The summed E-state index contributed by atoms with van der Waals surface area (Å²) in [6, 6.07) is 8.23. The lowest BCUT2D eigenvalue weighted by molar-refractivity contribution is -0.147. The molecule has 1 N–H and O–H groups in total. The topological polar surface area (TPSA) is 79.2 Å². The highest BCUT2D eigenvalue weighted by molar-refractivity contribution is 6.30. The maximum absolute atomic E-state index is 12.1. The van der Waals surface area contributed by atoms with Gasteiger partial charge in [0.2, 0.25) is 0 Å². The molecule has 0 heterocycles. The minimum absolute atomic E-state index is 0.131. The summed E-state index contributed by atoms with van der Waals surface area (Å²) in [7, 11) is 1.24. The summed E-state index contributed by atoms with van der Waals surface area (Å²) in [6.07, 6.45) is 0.308. The van der Waals surface area contributed by atoms with Crippen molar-refractivity contribution in [1.29, 1.82) is 5.26 Å². The number of amides is 1. The van der Waals surface area contributed by atoms with E-state index in [1.807, 2.05) is 6.07 Å². The van der Waals surface area contributed by atoms with Crippen LogP contribution in [-0.4, -0.2) is 24.5 Å². The van der Waals surface area contributed by atoms with Crippen molar-refractivity contribution in [3.8, 4) is 6.07 Å². The van der Waals surface area contributed by atoms with Gasteiger partial charge in [0.1, 0.15) is 5.54 Å². The summed E-state index contributed by atoms with van der Waals surface area (Å²) in [6.45, 7) is 1.53. The molecule has 106 valence electrons. The molecule has 20 heavy (non-hydrogen) atoms. The second-order valence-electron chi connectivity index (χ2n) is 4.44. The van der Waals surface area contributed by atoms with Crippen molar-refractivity contribution in [3.05, 3.63) is 34.9 Å². The van der Waals surface area contributed by atoms with Gasteiger partial charge in [-0.15, -0.1) is 0 Å². The van der Waals surface area contributed by atoms with Crippen LogP contribution < -0.4 is 5.32 Å². The van der Waals surface area contributed by atoms with Crippen molar-refractivity contribution in [1.82, 2.24) is 5.32 Å². The number of esters is 1. The first kappa shape index (κ1) is 16.0. The molecule has 6 heteroatoms. The Morgan fingerprint density at radius 1 is 1.40 bits per heavy atom. The van der Waals surface area contributed by atoms with Gasteiger partial charge in [-0.2, -0.15) is 5.26 Å². The Hall–Kier alpha value is -2.06. The molecule has 1 amide bonds. The van der Waals surface area contributed by atoms with Crippen LogP contribution in [0.4, 0.5) is 0 Å². The first-order valence-corrected chi connectivity index (χ1v) is 6.34. The smallest absolute Gasteiger partial charge is 0.331 e. The average molecular weight is 295 g/mol. The SMILES string of the molecule is COC(=O)[C@@](C)(CCC#N)NC(=O)c1ccc(Cl)cc1.